The Labute approximate surface area is 112 Å². The Hall–Kier alpha value is -1.48. The molecule has 0 saturated heterocycles. The number of aromatic nitrogens is 2. The Balaban J connectivity index is 2.36. The first-order valence-electron chi connectivity index (χ1n) is 6.01. The van der Waals surface area contributed by atoms with Crippen molar-refractivity contribution in [3.05, 3.63) is 41.2 Å². The van der Waals surface area contributed by atoms with E-state index in [0.717, 1.165) is 28.4 Å². The van der Waals surface area contributed by atoms with Crippen LogP contribution < -0.4 is 4.74 Å². The predicted molar refractivity (Wildman–Crippen MR) is 73.8 cm³/mol. The zero-order valence-corrected chi connectivity index (χ0v) is 11.7. The lowest BCUT2D eigenvalue weighted by Crippen LogP contribution is -1.99. The van der Waals surface area contributed by atoms with Crippen LogP contribution in [0.15, 0.2) is 24.3 Å². The smallest absolute Gasteiger partial charge is 0.119 e. The van der Waals surface area contributed by atoms with E-state index in [0.29, 0.717) is 12.5 Å². The number of hydrogen-bond donors (Lipinski definition) is 0. The molecule has 1 aromatic heterocycles. The SMILES string of the molecule is CCOc1ccc(-n2nc(C)c(CCl)c2C)cc1. The van der Waals surface area contributed by atoms with Gasteiger partial charge in [0.15, 0.2) is 0 Å². The van der Waals surface area contributed by atoms with E-state index in [9.17, 15) is 0 Å². The standard InChI is InChI=1S/C14H17ClN2O/c1-4-18-13-7-5-12(6-8-13)17-11(3)14(9-15)10(2)16-17/h5-8H,4,9H2,1-3H3. The van der Waals surface area contributed by atoms with E-state index in [2.05, 4.69) is 5.10 Å². The van der Waals surface area contributed by atoms with Gasteiger partial charge in [0.1, 0.15) is 5.75 Å². The van der Waals surface area contributed by atoms with Crippen molar-refractivity contribution in [3.63, 3.8) is 0 Å². The summed E-state index contributed by atoms with van der Waals surface area (Å²) in [5.41, 5.74) is 4.20. The van der Waals surface area contributed by atoms with E-state index >= 15 is 0 Å². The highest BCUT2D eigenvalue weighted by Gasteiger charge is 2.11. The van der Waals surface area contributed by atoms with Crippen LogP contribution in [0.5, 0.6) is 5.75 Å². The Kier molecular flexibility index (Phi) is 3.92. The fourth-order valence-electron chi connectivity index (χ4n) is 1.97. The molecule has 0 saturated carbocycles. The Bertz CT molecular complexity index is 531. The number of nitrogens with zero attached hydrogens (tertiary/aromatic N) is 2. The van der Waals surface area contributed by atoms with Gasteiger partial charge in [0.2, 0.25) is 0 Å². The highest BCUT2D eigenvalue weighted by Crippen LogP contribution is 2.21. The van der Waals surface area contributed by atoms with E-state index in [1.54, 1.807) is 0 Å². The van der Waals surface area contributed by atoms with Crippen LogP contribution in [0, 0.1) is 13.8 Å². The highest BCUT2D eigenvalue weighted by atomic mass is 35.5. The molecule has 2 aromatic rings. The summed E-state index contributed by atoms with van der Waals surface area (Å²) in [5, 5.41) is 4.52. The summed E-state index contributed by atoms with van der Waals surface area (Å²) in [6.45, 7) is 6.67. The predicted octanol–water partition coefficient (Wildman–Crippen LogP) is 3.63. The van der Waals surface area contributed by atoms with E-state index in [-0.39, 0.29) is 0 Å². The van der Waals surface area contributed by atoms with Crippen LogP contribution in [0.2, 0.25) is 0 Å². The zero-order valence-electron chi connectivity index (χ0n) is 10.9. The minimum Gasteiger partial charge on any atom is -0.494 e. The van der Waals surface area contributed by atoms with Crippen LogP contribution in [0.4, 0.5) is 0 Å². The van der Waals surface area contributed by atoms with Crippen molar-refractivity contribution in [2.75, 3.05) is 6.61 Å². The van der Waals surface area contributed by atoms with Crippen molar-refractivity contribution in [3.8, 4) is 11.4 Å². The third-order valence-corrected chi connectivity index (χ3v) is 3.23. The van der Waals surface area contributed by atoms with Gasteiger partial charge in [-0.1, -0.05) is 0 Å². The molecule has 0 unspecified atom stereocenters. The maximum absolute atomic E-state index is 5.93. The second-order valence-electron chi connectivity index (χ2n) is 4.12. The van der Waals surface area contributed by atoms with Gasteiger partial charge < -0.3 is 4.74 Å². The number of ether oxygens (including phenoxy) is 1. The fourth-order valence-corrected chi connectivity index (χ4v) is 2.36. The molecule has 1 heterocycles. The third kappa shape index (κ3) is 2.36. The van der Waals surface area contributed by atoms with Crippen molar-refractivity contribution in [1.82, 2.24) is 9.78 Å². The van der Waals surface area contributed by atoms with Gasteiger partial charge in [0.25, 0.3) is 0 Å². The van der Waals surface area contributed by atoms with Gasteiger partial charge >= 0.3 is 0 Å². The minimum atomic E-state index is 0.495. The van der Waals surface area contributed by atoms with Crippen LogP contribution in [-0.2, 0) is 5.88 Å². The highest BCUT2D eigenvalue weighted by molar-refractivity contribution is 6.17. The van der Waals surface area contributed by atoms with Crippen molar-refractivity contribution in [2.45, 2.75) is 26.7 Å². The molecule has 0 amide bonds. The van der Waals surface area contributed by atoms with Crippen molar-refractivity contribution in [1.29, 1.82) is 0 Å². The molecule has 0 aliphatic heterocycles. The molecular weight excluding hydrogens is 248 g/mol. The van der Waals surface area contributed by atoms with Crippen LogP contribution in [0.1, 0.15) is 23.9 Å². The molecule has 4 heteroatoms. The number of halogens is 1. The van der Waals surface area contributed by atoms with E-state index in [1.807, 2.05) is 49.7 Å². The number of alkyl halides is 1. The van der Waals surface area contributed by atoms with Crippen LogP contribution >= 0.6 is 11.6 Å². The zero-order chi connectivity index (χ0) is 13.1. The van der Waals surface area contributed by atoms with Crippen molar-refractivity contribution in [2.24, 2.45) is 0 Å². The van der Waals surface area contributed by atoms with Crippen LogP contribution in [-0.4, -0.2) is 16.4 Å². The average Bonchev–Trinajstić information content (AvgIpc) is 2.66. The second kappa shape index (κ2) is 5.44. The summed E-state index contributed by atoms with van der Waals surface area (Å²) >= 11 is 5.93. The summed E-state index contributed by atoms with van der Waals surface area (Å²) in [4.78, 5) is 0. The minimum absolute atomic E-state index is 0.495. The monoisotopic (exact) mass is 264 g/mol. The molecule has 96 valence electrons. The molecule has 18 heavy (non-hydrogen) atoms. The third-order valence-electron chi connectivity index (χ3n) is 2.97. The number of aryl methyl sites for hydroxylation is 1. The molecule has 0 radical (unpaired) electrons. The average molecular weight is 265 g/mol. The molecule has 0 fully saturated rings. The van der Waals surface area contributed by atoms with Gasteiger partial charge in [-0.15, -0.1) is 11.6 Å². The maximum Gasteiger partial charge on any atom is 0.119 e. The van der Waals surface area contributed by atoms with E-state index in [4.69, 9.17) is 16.3 Å². The van der Waals surface area contributed by atoms with Gasteiger partial charge in [-0.3, -0.25) is 0 Å². The molecular formula is C14H17ClN2O. The quantitative estimate of drug-likeness (QED) is 0.789. The van der Waals surface area contributed by atoms with E-state index < -0.39 is 0 Å². The molecule has 0 bridgehead atoms. The summed E-state index contributed by atoms with van der Waals surface area (Å²) < 4.78 is 7.35. The number of rotatable bonds is 4. The first-order chi connectivity index (χ1) is 8.67. The first-order valence-corrected chi connectivity index (χ1v) is 6.55. The molecule has 0 aliphatic carbocycles. The van der Waals surface area contributed by atoms with Gasteiger partial charge in [0.05, 0.1) is 23.9 Å². The van der Waals surface area contributed by atoms with Crippen LogP contribution in [0.3, 0.4) is 0 Å². The fraction of sp³-hybridized carbons (Fsp3) is 0.357. The van der Waals surface area contributed by atoms with Gasteiger partial charge in [-0.05, 0) is 45.0 Å². The summed E-state index contributed by atoms with van der Waals surface area (Å²) in [6.07, 6.45) is 0. The Morgan fingerprint density at radius 2 is 1.89 bits per heavy atom. The van der Waals surface area contributed by atoms with Gasteiger partial charge in [-0.2, -0.15) is 5.10 Å². The molecule has 3 nitrogen and oxygen atoms in total. The molecule has 0 atom stereocenters. The Morgan fingerprint density at radius 1 is 1.22 bits per heavy atom. The lowest BCUT2D eigenvalue weighted by Gasteiger charge is -2.07. The molecule has 0 aliphatic rings. The van der Waals surface area contributed by atoms with Gasteiger partial charge in [-0.25, -0.2) is 4.68 Å². The van der Waals surface area contributed by atoms with Gasteiger partial charge in [0, 0.05) is 11.3 Å². The normalized spacial score (nSPS) is 10.7. The lowest BCUT2D eigenvalue weighted by molar-refractivity contribution is 0.340. The summed E-state index contributed by atoms with van der Waals surface area (Å²) in [7, 11) is 0. The van der Waals surface area contributed by atoms with Crippen molar-refractivity contribution >= 4 is 11.6 Å². The van der Waals surface area contributed by atoms with Crippen LogP contribution in [0.25, 0.3) is 5.69 Å². The number of benzene rings is 1. The largest absolute Gasteiger partial charge is 0.494 e. The Morgan fingerprint density at radius 3 is 2.39 bits per heavy atom. The molecule has 1 aromatic carbocycles. The topological polar surface area (TPSA) is 27.1 Å². The van der Waals surface area contributed by atoms with Crippen molar-refractivity contribution < 1.29 is 4.74 Å². The summed E-state index contributed by atoms with van der Waals surface area (Å²) in [5.74, 6) is 1.37. The molecule has 0 N–H and O–H groups in total. The second-order valence-corrected chi connectivity index (χ2v) is 4.39. The maximum atomic E-state index is 5.93. The first kappa shape index (κ1) is 13.0. The molecule has 2 rings (SSSR count). The lowest BCUT2D eigenvalue weighted by atomic mass is 10.2. The summed E-state index contributed by atoms with van der Waals surface area (Å²) in [6, 6.07) is 7.91. The molecule has 0 spiro atoms. The van der Waals surface area contributed by atoms with E-state index in [1.165, 1.54) is 0 Å². The number of hydrogen-bond acceptors (Lipinski definition) is 2.